The third kappa shape index (κ3) is 5.98. The van der Waals surface area contributed by atoms with E-state index < -0.39 is 16.4 Å². The summed E-state index contributed by atoms with van der Waals surface area (Å²) in [6.45, 7) is 27.6. The molecule has 0 N–H and O–H groups in total. The first-order chi connectivity index (χ1) is 20.7. The lowest BCUT2D eigenvalue weighted by molar-refractivity contribution is 0.480. The molecule has 0 aliphatic carbocycles. The Morgan fingerprint density at radius 2 is 1.30 bits per heavy atom. The normalized spacial score (nSPS) is 12.8. The van der Waals surface area contributed by atoms with Crippen LogP contribution >= 0.6 is 0 Å². The lowest BCUT2D eigenvalue weighted by Crippen LogP contribution is -2.50. The molecule has 0 saturated carbocycles. The van der Waals surface area contributed by atoms with E-state index in [4.69, 9.17) is 4.43 Å². The maximum Gasteiger partial charge on any atom is 0.258 e. The zero-order valence-corrected chi connectivity index (χ0v) is 30.8. The van der Waals surface area contributed by atoms with Crippen LogP contribution in [0.4, 0.5) is 4.39 Å². The summed E-state index contributed by atoms with van der Waals surface area (Å²) in [6.07, 6.45) is 3.39. The Bertz CT molecular complexity index is 1650. The van der Waals surface area contributed by atoms with Crippen molar-refractivity contribution in [3.8, 4) is 28.3 Å². The van der Waals surface area contributed by atoms with Crippen molar-refractivity contribution in [2.75, 3.05) is 0 Å². The number of nitrogens with zero attached hydrogens (tertiary/aromatic N) is 2. The SMILES string of the molecule is CC(C)[Si](C#Cc1c(F)ccc2cc(O[Si](C(C)C)(C(C)C)C(C)C)cc(-c3ccc4cncnc4c3)c12)(C(C)C)C(C)C. The first-order valence-electron chi connectivity index (χ1n) is 16.3. The van der Waals surface area contributed by atoms with Gasteiger partial charge in [0.2, 0.25) is 0 Å². The summed E-state index contributed by atoms with van der Waals surface area (Å²) in [5.41, 5.74) is 9.64. The summed E-state index contributed by atoms with van der Waals surface area (Å²) >= 11 is 0. The number of benzene rings is 3. The van der Waals surface area contributed by atoms with Crippen LogP contribution in [0.3, 0.4) is 0 Å². The van der Waals surface area contributed by atoms with Gasteiger partial charge in [-0.3, -0.25) is 0 Å². The minimum Gasteiger partial charge on any atom is -0.543 e. The van der Waals surface area contributed by atoms with E-state index in [1.807, 2.05) is 18.3 Å². The third-order valence-electron chi connectivity index (χ3n) is 10.1. The van der Waals surface area contributed by atoms with Gasteiger partial charge in [-0.05, 0) is 74.0 Å². The van der Waals surface area contributed by atoms with Crippen molar-refractivity contribution in [2.24, 2.45) is 0 Å². The second kappa shape index (κ2) is 13.1. The fourth-order valence-corrected chi connectivity index (χ4v) is 18.6. The molecule has 0 amide bonds. The highest BCUT2D eigenvalue weighted by Crippen LogP contribution is 2.45. The molecule has 0 atom stereocenters. The minimum atomic E-state index is -2.24. The van der Waals surface area contributed by atoms with Crippen LogP contribution in [-0.4, -0.2) is 26.4 Å². The lowest BCUT2D eigenvalue weighted by Gasteiger charge is -2.42. The van der Waals surface area contributed by atoms with Gasteiger partial charge in [0.05, 0.1) is 11.1 Å². The van der Waals surface area contributed by atoms with Gasteiger partial charge in [0.25, 0.3) is 8.32 Å². The molecule has 0 unspecified atom stereocenters. The third-order valence-corrected chi connectivity index (χ3v) is 22.4. The molecule has 1 aromatic heterocycles. The van der Waals surface area contributed by atoms with E-state index >= 15 is 4.39 Å². The highest BCUT2D eigenvalue weighted by atomic mass is 28.4. The van der Waals surface area contributed by atoms with E-state index in [0.717, 1.165) is 38.6 Å². The molecule has 0 aliphatic rings. The van der Waals surface area contributed by atoms with Crippen LogP contribution in [0, 0.1) is 17.3 Å². The number of fused-ring (bicyclic) bond motifs is 2. The Hall–Kier alpha value is -3.02. The molecule has 0 spiro atoms. The van der Waals surface area contributed by atoms with E-state index in [0.29, 0.717) is 38.8 Å². The van der Waals surface area contributed by atoms with E-state index in [1.54, 1.807) is 12.4 Å². The van der Waals surface area contributed by atoms with Gasteiger partial charge in [0.1, 0.15) is 26.0 Å². The van der Waals surface area contributed by atoms with Gasteiger partial charge in [-0.15, -0.1) is 5.54 Å². The average Bonchev–Trinajstić information content (AvgIpc) is 2.95. The van der Waals surface area contributed by atoms with Crippen molar-refractivity contribution in [1.29, 1.82) is 0 Å². The number of aromatic nitrogens is 2. The van der Waals surface area contributed by atoms with Crippen LogP contribution in [0.2, 0.25) is 33.2 Å². The second-order valence-electron chi connectivity index (χ2n) is 14.4. The number of halogens is 1. The zero-order valence-electron chi connectivity index (χ0n) is 28.8. The van der Waals surface area contributed by atoms with Crippen LogP contribution in [0.25, 0.3) is 32.8 Å². The topological polar surface area (TPSA) is 35.0 Å². The molecule has 44 heavy (non-hydrogen) atoms. The summed E-state index contributed by atoms with van der Waals surface area (Å²) in [7, 11) is -4.34. The number of hydrogen-bond acceptors (Lipinski definition) is 3. The molecule has 0 radical (unpaired) electrons. The summed E-state index contributed by atoms with van der Waals surface area (Å²) in [5, 5.41) is 2.74. The minimum absolute atomic E-state index is 0.280. The van der Waals surface area contributed by atoms with Gasteiger partial charge >= 0.3 is 0 Å². The van der Waals surface area contributed by atoms with Crippen LogP contribution in [-0.2, 0) is 0 Å². The maximum atomic E-state index is 16.0. The Balaban J connectivity index is 2.09. The van der Waals surface area contributed by atoms with E-state index in [1.165, 1.54) is 0 Å². The summed E-state index contributed by atoms with van der Waals surface area (Å²) in [6, 6.07) is 13.9. The second-order valence-corrected chi connectivity index (χ2v) is 25.3. The first-order valence-corrected chi connectivity index (χ1v) is 20.7. The standard InChI is InChI=1S/C38H51FN2OSi2/c1-24(2)43(25(3)4,26(5)6)18-17-34-36(39)16-15-31-19-33(42-44(27(7)8,28(9)10)29(11)12)21-35(38(31)34)30-13-14-32-22-40-23-41-37(32)20-30/h13-16,19-29H,1-12H3. The summed E-state index contributed by atoms with van der Waals surface area (Å²) < 4.78 is 23.2. The number of hydrogen-bond donors (Lipinski definition) is 0. The molecule has 3 aromatic carbocycles. The molecule has 0 aliphatic heterocycles. The molecule has 4 rings (SSSR count). The van der Waals surface area contributed by atoms with Crippen LogP contribution in [0.15, 0.2) is 55.0 Å². The fourth-order valence-electron chi connectivity index (χ4n) is 8.12. The van der Waals surface area contributed by atoms with Gasteiger partial charge in [-0.25, -0.2) is 14.4 Å². The predicted molar refractivity (Wildman–Crippen MR) is 192 cm³/mol. The molecule has 234 valence electrons. The molecule has 0 bridgehead atoms. The summed E-state index contributed by atoms with van der Waals surface area (Å²) in [5.74, 6) is 4.06. The lowest BCUT2D eigenvalue weighted by atomic mass is 9.93. The molecule has 3 nitrogen and oxygen atoms in total. The van der Waals surface area contributed by atoms with Crippen LogP contribution in [0.5, 0.6) is 5.75 Å². The summed E-state index contributed by atoms with van der Waals surface area (Å²) in [4.78, 5) is 8.73. The molecule has 1 heterocycles. The highest BCUT2D eigenvalue weighted by molar-refractivity contribution is 6.90. The Morgan fingerprint density at radius 1 is 0.705 bits per heavy atom. The van der Waals surface area contributed by atoms with Crippen molar-refractivity contribution in [1.82, 2.24) is 9.97 Å². The van der Waals surface area contributed by atoms with E-state index in [9.17, 15) is 0 Å². The van der Waals surface area contributed by atoms with Crippen molar-refractivity contribution in [3.05, 3.63) is 66.4 Å². The maximum absolute atomic E-state index is 16.0. The van der Waals surface area contributed by atoms with Gasteiger partial charge in [0.15, 0.2) is 0 Å². The zero-order chi connectivity index (χ0) is 32.6. The quantitative estimate of drug-likeness (QED) is 0.137. The Kier molecular flexibility index (Phi) is 10.1. The molecule has 0 fully saturated rings. The highest BCUT2D eigenvalue weighted by Gasteiger charge is 2.47. The first kappa shape index (κ1) is 33.9. The van der Waals surface area contributed by atoms with Gasteiger partial charge in [-0.2, -0.15) is 0 Å². The van der Waals surface area contributed by atoms with Crippen LogP contribution < -0.4 is 4.43 Å². The van der Waals surface area contributed by atoms with E-state index in [2.05, 4.69) is 129 Å². The van der Waals surface area contributed by atoms with Gasteiger partial charge in [0, 0.05) is 17.0 Å². The molecular weight excluding hydrogens is 576 g/mol. The van der Waals surface area contributed by atoms with Gasteiger partial charge < -0.3 is 4.43 Å². The van der Waals surface area contributed by atoms with Crippen molar-refractivity contribution in [3.63, 3.8) is 0 Å². The van der Waals surface area contributed by atoms with Crippen LogP contribution in [0.1, 0.15) is 88.6 Å². The predicted octanol–water partition coefficient (Wildman–Crippen LogP) is 11.7. The molecule has 6 heteroatoms. The number of rotatable bonds is 9. The Morgan fingerprint density at radius 3 is 1.86 bits per heavy atom. The van der Waals surface area contributed by atoms with Crippen molar-refractivity contribution >= 4 is 38.1 Å². The molecular formula is C38H51FN2OSi2. The largest absolute Gasteiger partial charge is 0.543 e. The monoisotopic (exact) mass is 626 g/mol. The smallest absolute Gasteiger partial charge is 0.258 e. The van der Waals surface area contributed by atoms with E-state index in [-0.39, 0.29) is 5.82 Å². The Labute approximate surface area is 267 Å². The van der Waals surface area contributed by atoms with Crippen molar-refractivity contribution in [2.45, 2.75) is 116 Å². The van der Waals surface area contributed by atoms with Gasteiger partial charge in [-0.1, -0.05) is 107 Å². The van der Waals surface area contributed by atoms with Crippen molar-refractivity contribution < 1.29 is 8.82 Å². The average molecular weight is 627 g/mol. The molecule has 4 aromatic rings. The fraction of sp³-hybridized carbons (Fsp3) is 0.474. The molecule has 0 saturated heterocycles.